The maximum Gasteiger partial charge on any atom is 0.334 e. The van der Waals surface area contributed by atoms with E-state index < -0.39 is 8.32 Å². The Morgan fingerprint density at radius 1 is 1.24 bits per heavy atom. The highest BCUT2D eigenvalue weighted by atomic mass is 28.4. The minimum atomic E-state index is -1.80. The molecule has 1 aliphatic rings. The number of pyridine rings is 1. The molecule has 138 valence electrons. The summed E-state index contributed by atoms with van der Waals surface area (Å²) in [4.78, 5) is 16.9. The molecule has 5 heteroatoms. The lowest BCUT2D eigenvalue weighted by molar-refractivity contribution is -0.138. The molecule has 0 atom stereocenters. The first kappa shape index (κ1) is 19.9. The molecule has 0 saturated heterocycles. The van der Waals surface area contributed by atoms with Gasteiger partial charge in [0.05, 0.1) is 24.6 Å². The molecule has 1 aliphatic carbocycles. The molecule has 0 fully saturated rings. The van der Waals surface area contributed by atoms with E-state index >= 15 is 0 Å². The van der Waals surface area contributed by atoms with E-state index in [1.165, 1.54) is 0 Å². The van der Waals surface area contributed by atoms with E-state index in [4.69, 9.17) is 14.1 Å². The summed E-state index contributed by atoms with van der Waals surface area (Å²) in [7, 11) is -1.80. The minimum Gasteiger partial charge on any atom is -0.463 e. The van der Waals surface area contributed by atoms with Crippen LogP contribution in [0.1, 0.15) is 58.3 Å². The van der Waals surface area contributed by atoms with Crippen LogP contribution in [-0.4, -0.2) is 25.9 Å². The highest BCUT2D eigenvalue weighted by Gasteiger charge is 2.37. The van der Waals surface area contributed by atoms with E-state index in [9.17, 15) is 4.79 Å². The van der Waals surface area contributed by atoms with E-state index in [-0.39, 0.29) is 11.0 Å². The molecule has 0 N–H and O–H groups in total. The zero-order chi connectivity index (χ0) is 18.7. The fraction of sp³-hybridized carbons (Fsp3) is 0.600. The molecule has 0 aliphatic heterocycles. The number of ether oxygens (including phenoxy) is 1. The van der Waals surface area contributed by atoms with Crippen LogP contribution >= 0.6 is 0 Å². The first-order valence-electron chi connectivity index (χ1n) is 9.15. The van der Waals surface area contributed by atoms with Crippen molar-refractivity contribution in [1.82, 2.24) is 4.98 Å². The summed E-state index contributed by atoms with van der Waals surface area (Å²) in [5, 5.41) is 0.176. The molecule has 0 saturated carbocycles. The number of carbonyl (C=O) groups excluding carboxylic acids is 1. The quantitative estimate of drug-likeness (QED) is 0.522. The van der Waals surface area contributed by atoms with E-state index in [1.807, 2.05) is 25.1 Å². The molecule has 0 unspecified atom stereocenters. The van der Waals surface area contributed by atoms with Crippen LogP contribution in [0.5, 0.6) is 0 Å². The van der Waals surface area contributed by atoms with Crippen LogP contribution in [0, 0.1) is 0 Å². The molecule has 0 aromatic carbocycles. The van der Waals surface area contributed by atoms with Gasteiger partial charge < -0.3 is 9.16 Å². The Labute approximate surface area is 152 Å². The molecule has 0 bridgehead atoms. The largest absolute Gasteiger partial charge is 0.463 e. The molecular weight excluding hydrogens is 330 g/mol. The molecule has 0 amide bonds. The number of esters is 1. The van der Waals surface area contributed by atoms with Gasteiger partial charge in [0.1, 0.15) is 0 Å². The zero-order valence-corrected chi connectivity index (χ0v) is 17.4. The molecule has 2 rings (SSSR count). The van der Waals surface area contributed by atoms with Crippen LogP contribution < -0.4 is 0 Å². The van der Waals surface area contributed by atoms with E-state index in [1.54, 1.807) is 0 Å². The first-order valence-corrected chi connectivity index (χ1v) is 12.1. The van der Waals surface area contributed by atoms with Crippen molar-refractivity contribution >= 4 is 19.9 Å². The topological polar surface area (TPSA) is 48.4 Å². The van der Waals surface area contributed by atoms with Crippen LogP contribution in [-0.2, 0) is 20.6 Å². The second-order valence-electron chi connectivity index (χ2n) is 8.09. The minimum absolute atomic E-state index is 0.176. The molecular formula is C20H31NO3Si. The van der Waals surface area contributed by atoms with Crippen molar-refractivity contribution in [1.29, 1.82) is 0 Å². The lowest BCUT2D eigenvalue weighted by atomic mass is 10.1. The Balaban J connectivity index is 2.19. The van der Waals surface area contributed by atoms with Crippen molar-refractivity contribution in [3.05, 3.63) is 35.2 Å². The monoisotopic (exact) mass is 361 g/mol. The molecule has 25 heavy (non-hydrogen) atoms. The normalized spacial score (nSPS) is 15.6. The Hall–Kier alpha value is -1.46. The Kier molecular flexibility index (Phi) is 6.22. The van der Waals surface area contributed by atoms with E-state index in [0.717, 1.165) is 41.8 Å². The van der Waals surface area contributed by atoms with Gasteiger partial charge in [0.2, 0.25) is 0 Å². The predicted molar refractivity (Wildman–Crippen MR) is 104 cm³/mol. The van der Waals surface area contributed by atoms with Crippen LogP contribution in [0.25, 0.3) is 5.57 Å². The van der Waals surface area contributed by atoms with Crippen molar-refractivity contribution in [2.45, 2.75) is 71.7 Å². The number of carbonyl (C=O) groups is 1. The molecule has 4 nitrogen and oxygen atoms in total. The third-order valence-electron chi connectivity index (χ3n) is 5.24. The van der Waals surface area contributed by atoms with Crippen molar-refractivity contribution in [3.63, 3.8) is 0 Å². The fourth-order valence-electron chi connectivity index (χ4n) is 2.67. The van der Waals surface area contributed by atoms with Crippen LogP contribution in [0.15, 0.2) is 23.8 Å². The molecule has 1 aromatic heterocycles. The third kappa shape index (κ3) is 4.79. The Bertz CT molecular complexity index is 659. The maximum atomic E-state index is 12.2. The summed E-state index contributed by atoms with van der Waals surface area (Å²) in [6.07, 6.45) is 2.64. The van der Waals surface area contributed by atoms with Crippen molar-refractivity contribution in [2.75, 3.05) is 6.61 Å². The van der Waals surface area contributed by atoms with Crippen LogP contribution in [0.3, 0.4) is 0 Å². The second-order valence-corrected chi connectivity index (χ2v) is 12.9. The number of rotatable bonds is 6. The van der Waals surface area contributed by atoms with Gasteiger partial charge in [-0.2, -0.15) is 0 Å². The van der Waals surface area contributed by atoms with Crippen molar-refractivity contribution in [2.24, 2.45) is 0 Å². The summed E-state index contributed by atoms with van der Waals surface area (Å²) in [5.41, 5.74) is 3.63. The first-order chi connectivity index (χ1) is 11.7. The molecule has 0 spiro atoms. The number of hydrogen-bond acceptors (Lipinski definition) is 4. The summed E-state index contributed by atoms with van der Waals surface area (Å²) in [6, 6.07) is 5.98. The van der Waals surface area contributed by atoms with Gasteiger partial charge in [0.25, 0.3) is 0 Å². The summed E-state index contributed by atoms with van der Waals surface area (Å²) in [6.45, 7) is 14.0. The van der Waals surface area contributed by atoms with Gasteiger partial charge in [0, 0.05) is 5.57 Å². The van der Waals surface area contributed by atoms with Gasteiger partial charge in [-0.05, 0) is 62.0 Å². The van der Waals surface area contributed by atoms with Gasteiger partial charge in [-0.3, -0.25) is 4.98 Å². The smallest absolute Gasteiger partial charge is 0.334 e. The van der Waals surface area contributed by atoms with Gasteiger partial charge >= 0.3 is 5.97 Å². The lowest BCUT2D eigenvalue weighted by Crippen LogP contribution is -2.40. The number of nitrogens with zero attached hydrogens (tertiary/aromatic N) is 1. The van der Waals surface area contributed by atoms with Crippen LogP contribution in [0.2, 0.25) is 18.1 Å². The highest BCUT2D eigenvalue weighted by molar-refractivity contribution is 6.74. The van der Waals surface area contributed by atoms with Crippen molar-refractivity contribution < 1.29 is 14.0 Å². The lowest BCUT2D eigenvalue weighted by Gasteiger charge is -2.36. The number of allylic oxidation sites excluding steroid dienone is 1. The molecule has 1 aromatic rings. The third-order valence-corrected chi connectivity index (χ3v) is 9.72. The SMILES string of the molecule is CCOC(=O)C1=C(c2cccc(CO[Si](C)(C)C(C)(C)C)n2)CCC1. The van der Waals surface area contributed by atoms with Gasteiger partial charge in [-0.25, -0.2) is 4.79 Å². The Morgan fingerprint density at radius 3 is 2.60 bits per heavy atom. The number of aromatic nitrogens is 1. The maximum absolute atomic E-state index is 12.2. The average Bonchev–Trinajstić information content (AvgIpc) is 3.02. The van der Waals surface area contributed by atoms with E-state index in [0.29, 0.717) is 13.2 Å². The second kappa shape index (κ2) is 7.83. The summed E-state index contributed by atoms with van der Waals surface area (Å²) >= 11 is 0. The summed E-state index contributed by atoms with van der Waals surface area (Å²) < 4.78 is 11.5. The highest BCUT2D eigenvalue weighted by Crippen LogP contribution is 2.37. The predicted octanol–water partition coefficient (Wildman–Crippen LogP) is 5.10. The van der Waals surface area contributed by atoms with Crippen molar-refractivity contribution in [3.8, 4) is 0 Å². The van der Waals surface area contributed by atoms with Gasteiger partial charge in [-0.1, -0.05) is 26.8 Å². The Morgan fingerprint density at radius 2 is 1.96 bits per heavy atom. The van der Waals surface area contributed by atoms with Gasteiger partial charge in [0.15, 0.2) is 8.32 Å². The van der Waals surface area contributed by atoms with E-state index in [2.05, 4.69) is 33.9 Å². The molecule has 0 radical (unpaired) electrons. The number of hydrogen-bond donors (Lipinski definition) is 0. The average molecular weight is 362 g/mol. The standard InChI is InChI=1S/C20H31NO3Si/c1-7-23-19(22)17-12-9-11-16(17)18-13-8-10-15(21-18)14-24-25(5,6)20(2,3)4/h8,10,13H,7,9,11-12,14H2,1-6H3. The fourth-order valence-corrected chi connectivity index (χ4v) is 3.61. The van der Waals surface area contributed by atoms with Crippen LogP contribution in [0.4, 0.5) is 0 Å². The molecule has 1 heterocycles. The zero-order valence-electron chi connectivity index (χ0n) is 16.4. The van der Waals surface area contributed by atoms with Gasteiger partial charge in [-0.15, -0.1) is 0 Å². The summed E-state index contributed by atoms with van der Waals surface area (Å²) in [5.74, 6) is -0.195.